The van der Waals surface area contributed by atoms with Gasteiger partial charge in [0.25, 0.3) is 0 Å². The van der Waals surface area contributed by atoms with E-state index in [4.69, 9.17) is 3.67 Å². The Bertz CT molecular complexity index is 764. The van der Waals surface area contributed by atoms with Crippen LogP contribution in [0.3, 0.4) is 0 Å². The van der Waals surface area contributed by atoms with Crippen molar-refractivity contribution in [1.82, 2.24) is 9.47 Å². The molecule has 0 saturated carbocycles. The normalized spacial score (nSPS) is 12.3. The van der Waals surface area contributed by atoms with E-state index in [9.17, 15) is 15.3 Å². The van der Waals surface area contributed by atoms with Gasteiger partial charge in [-0.3, -0.25) is 4.90 Å². The Hall–Kier alpha value is -1.54. The first-order chi connectivity index (χ1) is 12.8. The Labute approximate surface area is 161 Å². The number of hydrogen-bond acceptors (Lipinski definition) is 5. The van der Waals surface area contributed by atoms with Crippen molar-refractivity contribution in [3.8, 4) is 0 Å². The molecule has 7 heteroatoms. The molecule has 1 atom stereocenters. The van der Waals surface area contributed by atoms with Crippen LogP contribution in [-0.4, -0.2) is 63.7 Å². The second-order valence-electron chi connectivity index (χ2n) is 5.96. The average molecular weight is 395 g/mol. The van der Waals surface area contributed by atoms with Gasteiger partial charge in [-0.15, -0.1) is 0 Å². The predicted octanol–water partition coefficient (Wildman–Crippen LogP) is 1.32. The first kappa shape index (κ1) is 20.8. The molecule has 6 nitrogen and oxygen atoms in total. The van der Waals surface area contributed by atoms with E-state index in [2.05, 4.69) is 28.8 Å². The van der Waals surface area contributed by atoms with Crippen LogP contribution in [0.15, 0.2) is 48.5 Å². The summed E-state index contributed by atoms with van der Waals surface area (Å²) < 4.78 is 10.4. The van der Waals surface area contributed by atoms with E-state index in [1.165, 1.54) is 10.8 Å². The second kappa shape index (κ2) is 10.6. The van der Waals surface area contributed by atoms with E-state index in [1.54, 1.807) is 0 Å². The van der Waals surface area contributed by atoms with Crippen LogP contribution < -0.4 is 0 Å². The van der Waals surface area contributed by atoms with Gasteiger partial charge >= 0.3 is 21.0 Å². The Morgan fingerprint density at radius 3 is 1.73 bits per heavy atom. The summed E-state index contributed by atoms with van der Waals surface area (Å²) in [5.41, 5.74) is 2.26. The fraction of sp³-hybridized carbons (Fsp3) is 0.368. The van der Waals surface area contributed by atoms with E-state index in [-0.39, 0.29) is 25.9 Å². The van der Waals surface area contributed by atoms with Gasteiger partial charge in [0, 0.05) is 41.4 Å². The molecule has 1 aromatic heterocycles. The Balaban J connectivity index is 0.00000117. The Kier molecular flexibility index (Phi) is 8.45. The molecular formula is C19H24N2O4V. The summed E-state index contributed by atoms with van der Waals surface area (Å²) in [5, 5.41) is 30.8. The predicted molar refractivity (Wildman–Crippen MR) is 96.7 cm³/mol. The van der Waals surface area contributed by atoms with E-state index < -0.39 is 0 Å². The molecule has 139 valence electrons. The monoisotopic (exact) mass is 395 g/mol. The van der Waals surface area contributed by atoms with Gasteiger partial charge in [-0.2, -0.15) is 0 Å². The van der Waals surface area contributed by atoms with Crippen molar-refractivity contribution in [2.75, 3.05) is 32.9 Å². The number of hydrogen-bond donors (Lipinski definition) is 3. The van der Waals surface area contributed by atoms with Gasteiger partial charge in [-0.1, -0.05) is 36.4 Å². The molecule has 0 saturated heterocycles. The van der Waals surface area contributed by atoms with Crippen LogP contribution in [-0.2, 0) is 27.6 Å². The van der Waals surface area contributed by atoms with Crippen molar-refractivity contribution in [2.24, 2.45) is 0 Å². The molecule has 0 aliphatic carbocycles. The van der Waals surface area contributed by atoms with E-state index in [1.807, 2.05) is 29.2 Å². The summed E-state index contributed by atoms with van der Waals surface area (Å²) in [5.74, 6) is 0. The second-order valence-corrected chi connectivity index (χ2v) is 5.96. The molecule has 3 aromatic rings. The summed E-state index contributed by atoms with van der Waals surface area (Å²) in [4.78, 5) is 1.93. The van der Waals surface area contributed by atoms with Crippen LogP contribution in [0.4, 0.5) is 0 Å². The van der Waals surface area contributed by atoms with E-state index in [0.29, 0.717) is 19.6 Å². The molecule has 1 heterocycles. The molecule has 2 aromatic carbocycles. The minimum absolute atomic E-state index is 0.00364. The van der Waals surface area contributed by atoms with Gasteiger partial charge in [0.1, 0.15) is 0 Å². The number of rotatable bonds is 8. The van der Waals surface area contributed by atoms with Crippen LogP contribution >= 0.6 is 0 Å². The van der Waals surface area contributed by atoms with Gasteiger partial charge in [-0.05, 0) is 12.1 Å². The molecule has 0 bridgehead atoms. The molecule has 3 rings (SSSR count). The average Bonchev–Trinajstić information content (AvgIpc) is 3.01. The molecule has 3 N–H and O–H groups in total. The van der Waals surface area contributed by atoms with Crippen LogP contribution in [0, 0.1) is 0 Å². The quantitative estimate of drug-likeness (QED) is 0.536. The third-order valence-corrected chi connectivity index (χ3v) is 4.57. The molecule has 0 fully saturated rings. The number of benzene rings is 2. The molecule has 0 radical (unpaired) electrons. The maximum absolute atomic E-state index is 9.87. The summed E-state index contributed by atoms with van der Waals surface area (Å²) in [7, 11) is 0. The standard InChI is InChI=1S/C19H24N2O3.O.V/c22-11-9-20(10-12-23)15(14-24)13-21-18-7-3-1-5-16(18)17-6-2-4-8-19(17)21;;/h1-8,15,22-24H,9-14H2;;. The number of para-hydroxylation sites is 2. The van der Waals surface area contributed by atoms with Gasteiger partial charge in [-0.25, -0.2) is 0 Å². The molecular weight excluding hydrogens is 371 g/mol. The van der Waals surface area contributed by atoms with Crippen LogP contribution in [0.1, 0.15) is 0 Å². The topological polar surface area (TPSA) is 85.9 Å². The fourth-order valence-corrected chi connectivity index (χ4v) is 3.43. The SMILES string of the molecule is OCCN(CCO)C(CO)Cn1c2ccccc2c2ccccc21.[O]=[V]. The van der Waals surface area contributed by atoms with Crippen molar-refractivity contribution in [1.29, 1.82) is 0 Å². The number of nitrogens with zero attached hydrogens (tertiary/aromatic N) is 2. The van der Waals surface area contributed by atoms with Crippen molar-refractivity contribution >= 4 is 21.8 Å². The summed E-state index contributed by atoms with van der Waals surface area (Å²) >= 11 is 1.06. The van der Waals surface area contributed by atoms with Gasteiger partial charge in [0.15, 0.2) is 0 Å². The van der Waals surface area contributed by atoms with Crippen molar-refractivity contribution in [2.45, 2.75) is 12.6 Å². The molecule has 0 aliphatic rings. The van der Waals surface area contributed by atoms with Gasteiger partial charge in [0.05, 0.1) is 25.9 Å². The first-order valence-electron chi connectivity index (χ1n) is 8.51. The molecule has 0 amide bonds. The Morgan fingerprint density at radius 2 is 1.31 bits per heavy atom. The zero-order valence-electron chi connectivity index (χ0n) is 14.5. The molecule has 26 heavy (non-hydrogen) atoms. The number of aliphatic hydroxyl groups excluding tert-OH is 3. The van der Waals surface area contributed by atoms with Gasteiger partial charge in [0.2, 0.25) is 0 Å². The summed E-state index contributed by atoms with van der Waals surface area (Å²) in [6.07, 6.45) is 0. The van der Waals surface area contributed by atoms with Crippen LogP contribution in [0.2, 0.25) is 0 Å². The Morgan fingerprint density at radius 1 is 0.846 bits per heavy atom. The zero-order valence-corrected chi connectivity index (χ0v) is 15.9. The summed E-state index contributed by atoms with van der Waals surface area (Å²) in [6, 6.07) is 16.3. The number of aliphatic hydroxyl groups is 3. The first-order valence-corrected chi connectivity index (χ1v) is 9.08. The van der Waals surface area contributed by atoms with Crippen LogP contribution in [0.25, 0.3) is 21.8 Å². The zero-order chi connectivity index (χ0) is 18.9. The van der Waals surface area contributed by atoms with E-state index in [0.717, 1.165) is 28.4 Å². The summed E-state index contributed by atoms with van der Waals surface area (Å²) in [6.45, 7) is 1.45. The van der Waals surface area contributed by atoms with Crippen LogP contribution in [0.5, 0.6) is 0 Å². The third-order valence-electron chi connectivity index (χ3n) is 4.57. The molecule has 0 spiro atoms. The molecule has 0 aliphatic heterocycles. The van der Waals surface area contributed by atoms with E-state index >= 15 is 0 Å². The number of aromatic nitrogens is 1. The van der Waals surface area contributed by atoms with Gasteiger partial charge < -0.3 is 19.9 Å². The number of fused-ring (bicyclic) bond motifs is 3. The minimum atomic E-state index is -0.163. The van der Waals surface area contributed by atoms with Crippen molar-refractivity contribution < 1.29 is 36.4 Å². The third kappa shape index (κ3) is 4.41. The van der Waals surface area contributed by atoms with Crippen molar-refractivity contribution in [3.05, 3.63) is 48.5 Å². The molecule has 1 unspecified atom stereocenters. The van der Waals surface area contributed by atoms with Crippen molar-refractivity contribution in [3.63, 3.8) is 0 Å². The fourth-order valence-electron chi connectivity index (χ4n) is 3.43. The maximum atomic E-state index is 9.87.